The second-order valence-corrected chi connectivity index (χ2v) is 23.5. The van der Waals surface area contributed by atoms with E-state index in [1.54, 1.807) is 96.7 Å². The van der Waals surface area contributed by atoms with E-state index in [1.807, 2.05) is 6.07 Å². The maximum Gasteiger partial charge on any atom is 0.373 e. The van der Waals surface area contributed by atoms with Gasteiger partial charge in [0, 0.05) is 53.7 Å². The van der Waals surface area contributed by atoms with Crippen LogP contribution in [0.3, 0.4) is 0 Å². The van der Waals surface area contributed by atoms with Gasteiger partial charge < -0.3 is 38.2 Å². The predicted molar refractivity (Wildman–Crippen MR) is 273 cm³/mol. The highest BCUT2D eigenvalue weighted by Gasteiger charge is 2.56. The zero-order valence-corrected chi connectivity index (χ0v) is 44.6. The lowest BCUT2D eigenvalue weighted by Crippen LogP contribution is -2.34. The summed E-state index contributed by atoms with van der Waals surface area (Å²) in [6, 6.07) is 15.8. The Hall–Kier alpha value is -4.99. The van der Waals surface area contributed by atoms with E-state index in [1.165, 1.54) is 0 Å². The van der Waals surface area contributed by atoms with Gasteiger partial charge in [-0.05, 0) is 118 Å². The van der Waals surface area contributed by atoms with Crippen molar-refractivity contribution in [2.24, 2.45) is 10.8 Å². The van der Waals surface area contributed by atoms with E-state index in [2.05, 4.69) is 42.5 Å². The lowest BCUT2D eigenvalue weighted by molar-refractivity contribution is -0.143. The van der Waals surface area contributed by atoms with Crippen molar-refractivity contribution in [3.05, 3.63) is 98.9 Å². The number of nitrogens with zero attached hydrogens (tertiary/aromatic N) is 2. The van der Waals surface area contributed by atoms with Crippen molar-refractivity contribution in [2.45, 2.75) is 125 Å². The Kier molecular flexibility index (Phi) is 17.6. The van der Waals surface area contributed by atoms with Crippen LogP contribution in [0.15, 0.2) is 54.6 Å². The SMILES string of the molecule is [C-]#[N+]CCOP(OCCCCCCNC(=O)CCc1cc2c(c(Cl)c1OC(=O)C(C)(C)C)Oc1cc(OC(=O)C(C)(C)C)c3ccccc3c1C21OC(=O)c2ccc([P+](C)=O)cc21)N(C(C)C)C(C)C. The second kappa shape index (κ2) is 22.6. The van der Waals surface area contributed by atoms with Crippen molar-refractivity contribution >= 4 is 67.8 Å². The van der Waals surface area contributed by atoms with Gasteiger partial charge in [-0.3, -0.25) is 14.4 Å². The fourth-order valence-electron chi connectivity index (χ4n) is 8.34. The molecule has 2 aliphatic heterocycles. The molecule has 14 nitrogen and oxygen atoms in total. The van der Waals surface area contributed by atoms with Gasteiger partial charge in [0.05, 0.1) is 28.6 Å². The first-order valence-corrected chi connectivity index (χ1v) is 27.0. The van der Waals surface area contributed by atoms with Crippen LogP contribution in [0.4, 0.5) is 0 Å². The summed E-state index contributed by atoms with van der Waals surface area (Å²) < 4.78 is 53.0. The molecule has 0 aliphatic carbocycles. The molecule has 2 heterocycles. The lowest BCUT2D eigenvalue weighted by atomic mass is 9.75. The molecule has 374 valence electrons. The molecular weight excluding hydrogens is 952 g/mol. The fourth-order valence-corrected chi connectivity index (χ4v) is 10.9. The molecule has 1 amide bonds. The average molecular weight is 1020 g/mol. The van der Waals surface area contributed by atoms with Crippen LogP contribution < -0.4 is 24.8 Å². The number of hydrogen-bond acceptors (Lipinski definition) is 12. The average Bonchev–Trinajstić information content (AvgIpc) is 3.57. The summed E-state index contributed by atoms with van der Waals surface area (Å²) in [6.07, 6.45) is 3.36. The second-order valence-electron chi connectivity index (χ2n) is 20.1. The summed E-state index contributed by atoms with van der Waals surface area (Å²) in [5, 5.41) is 4.46. The molecule has 0 fully saturated rings. The Morgan fingerprint density at radius 1 is 0.871 bits per heavy atom. The van der Waals surface area contributed by atoms with E-state index in [-0.39, 0.29) is 71.0 Å². The Bertz CT molecular complexity index is 2700. The van der Waals surface area contributed by atoms with Crippen LogP contribution >= 0.6 is 27.9 Å². The lowest BCUT2D eigenvalue weighted by Gasteiger charge is -2.38. The monoisotopic (exact) mass is 1020 g/mol. The first kappa shape index (κ1) is 54.3. The van der Waals surface area contributed by atoms with Crippen LogP contribution in [0.5, 0.6) is 23.0 Å². The van der Waals surface area contributed by atoms with E-state index < -0.39 is 50.7 Å². The minimum atomic E-state index is -1.88. The van der Waals surface area contributed by atoms with Crippen LogP contribution in [0.25, 0.3) is 15.6 Å². The number of nitrogens with one attached hydrogen (secondary N) is 1. The third kappa shape index (κ3) is 11.8. The van der Waals surface area contributed by atoms with Crippen LogP contribution in [0, 0.1) is 17.4 Å². The topological polar surface area (TPSA) is 160 Å². The summed E-state index contributed by atoms with van der Waals surface area (Å²) in [4.78, 5) is 58.1. The zero-order chi connectivity index (χ0) is 51.3. The minimum absolute atomic E-state index is 0.00498. The maximum atomic E-state index is 14.2. The first-order chi connectivity index (χ1) is 33.0. The van der Waals surface area contributed by atoms with E-state index in [9.17, 15) is 23.7 Å². The number of fused-ring (bicyclic) bond motifs is 8. The van der Waals surface area contributed by atoms with Crippen molar-refractivity contribution in [1.82, 2.24) is 9.99 Å². The molecule has 4 aromatic rings. The number of hydrogen-bond donors (Lipinski definition) is 1. The molecule has 3 unspecified atom stereocenters. The molecule has 0 aromatic heterocycles. The number of ether oxygens (including phenoxy) is 4. The highest BCUT2D eigenvalue weighted by molar-refractivity contribution is 7.52. The van der Waals surface area contributed by atoms with Crippen molar-refractivity contribution in [2.75, 3.05) is 33.0 Å². The molecule has 2 aliphatic rings. The van der Waals surface area contributed by atoms with Crippen molar-refractivity contribution in [3.8, 4) is 23.0 Å². The van der Waals surface area contributed by atoms with Crippen molar-refractivity contribution in [1.29, 1.82) is 0 Å². The number of amides is 1. The van der Waals surface area contributed by atoms with Crippen LogP contribution in [-0.2, 0) is 44.8 Å². The summed E-state index contributed by atoms with van der Waals surface area (Å²) in [7, 11) is -3.17. The number of carbonyl (C=O) groups excluding carboxylic acids is 4. The fraction of sp³-hybridized carbons (Fsp3) is 0.491. The van der Waals surface area contributed by atoms with Gasteiger partial charge in [-0.15, -0.1) is 0 Å². The zero-order valence-electron chi connectivity index (χ0n) is 42.1. The molecule has 3 atom stereocenters. The van der Waals surface area contributed by atoms with Gasteiger partial charge >= 0.3 is 25.7 Å². The number of carbonyl (C=O) groups is 4. The first-order valence-electron chi connectivity index (χ1n) is 23.8. The van der Waals surface area contributed by atoms with Gasteiger partial charge in [0.1, 0.15) is 29.8 Å². The van der Waals surface area contributed by atoms with Gasteiger partial charge in [0.2, 0.25) is 12.5 Å². The van der Waals surface area contributed by atoms with Crippen LogP contribution in [0.2, 0.25) is 5.02 Å². The minimum Gasteiger partial charge on any atom is -0.455 e. The largest absolute Gasteiger partial charge is 0.455 e. The van der Waals surface area contributed by atoms with Crippen LogP contribution in [-0.4, -0.2) is 73.5 Å². The molecule has 4 aromatic carbocycles. The molecular formula is C53H65ClN3O11P2+. The van der Waals surface area contributed by atoms with Gasteiger partial charge in [0.15, 0.2) is 22.4 Å². The Morgan fingerprint density at radius 3 is 2.16 bits per heavy atom. The normalized spacial score (nSPS) is 15.8. The van der Waals surface area contributed by atoms with Gasteiger partial charge in [-0.2, -0.15) is 0 Å². The number of aryl methyl sites for hydroxylation is 1. The predicted octanol–water partition coefficient (Wildman–Crippen LogP) is 12.0. The standard InChI is InChI=1S/C53H64ClN3O11P2/c1-32(2)57(33(3)4)70(64-28-26-55-11)63-27-18-14-13-17-25-56-43(58)24-21-34-29-40-47(45(54)46(34)67-50(61)52(8,9)10)65-42-31-41(66-49(60)51(5,6)7)36-19-15-16-20-37(36)44(42)53(40)39-30-35(69(12)62)22-23-38(39)48(59)68-53/h15-16,19-20,22-23,29-33H,13-14,17-18,21,24-28H2,1-10,12H3/p+1. The molecule has 17 heteroatoms. The van der Waals surface area contributed by atoms with Gasteiger partial charge in [-0.25, -0.2) is 16.0 Å². The van der Waals surface area contributed by atoms with Gasteiger partial charge in [0.25, 0.3) is 8.53 Å². The smallest absolute Gasteiger partial charge is 0.373 e. The molecule has 0 bridgehead atoms. The highest BCUT2D eigenvalue weighted by Crippen LogP contribution is 2.62. The Labute approximate surface area is 419 Å². The Balaban J connectivity index is 1.31. The number of halogens is 1. The number of esters is 3. The summed E-state index contributed by atoms with van der Waals surface area (Å²) >= 11 is 7.36. The molecule has 0 saturated carbocycles. The third-order valence-corrected chi connectivity index (χ3v) is 15.3. The number of unbranched alkanes of at least 4 members (excludes halogenated alkanes) is 3. The van der Waals surface area contributed by atoms with Crippen LogP contribution in [0.1, 0.15) is 134 Å². The molecule has 0 saturated heterocycles. The van der Waals surface area contributed by atoms with Gasteiger partial charge in [-0.1, -0.05) is 53.3 Å². The van der Waals surface area contributed by atoms with Crippen molar-refractivity contribution in [3.63, 3.8) is 0 Å². The highest BCUT2D eigenvalue weighted by atomic mass is 35.5. The molecule has 1 N–H and O–H groups in total. The summed E-state index contributed by atoms with van der Waals surface area (Å²) in [6.45, 7) is 29.0. The Morgan fingerprint density at radius 2 is 1.51 bits per heavy atom. The van der Waals surface area contributed by atoms with E-state index in [4.69, 9.17) is 46.2 Å². The number of rotatable bonds is 20. The van der Waals surface area contributed by atoms with E-state index in [0.717, 1.165) is 25.7 Å². The van der Waals surface area contributed by atoms with E-state index >= 15 is 0 Å². The summed E-state index contributed by atoms with van der Waals surface area (Å²) in [5.74, 6) is -1.62. The molecule has 70 heavy (non-hydrogen) atoms. The number of benzene rings is 4. The summed E-state index contributed by atoms with van der Waals surface area (Å²) in [5.41, 5.74) is -1.87. The van der Waals surface area contributed by atoms with E-state index in [0.29, 0.717) is 58.1 Å². The molecule has 6 rings (SSSR count). The quantitative estimate of drug-likeness (QED) is 0.0294. The van der Waals surface area contributed by atoms with Crippen molar-refractivity contribution < 1.29 is 51.7 Å². The molecule has 1 spiro atoms. The maximum absolute atomic E-state index is 14.2. The molecule has 0 radical (unpaired) electrons. The third-order valence-electron chi connectivity index (χ3n) is 11.9.